The number of Topliss-reactive ketones (excluding diaryl/α,β-unsaturated/α-hetero) is 1. The summed E-state index contributed by atoms with van der Waals surface area (Å²) in [5, 5.41) is 0. The third kappa shape index (κ3) is 3.29. The molecule has 0 radical (unpaired) electrons. The molecule has 20 heavy (non-hydrogen) atoms. The van der Waals surface area contributed by atoms with Gasteiger partial charge in [0.15, 0.2) is 6.61 Å². The zero-order chi connectivity index (χ0) is 14.7. The lowest BCUT2D eigenvalue weighted by Gasteiger charge is -2.14. The fraction of sp³-hybridized carbons (Fsp3) is 0.353. The number of nitrogens with zero attached hydrogens (tertiary/aromatic N) is 1. The lowest BCUT2D eigenvalue weighted by atomic mass is 10.0. The van der Waals surface area contributed by atoms with Crippen LogP contribution in [0.5, 0.6) is 5.75 Å². The van der Waals surface area contributed by atoms with Gasteiger partial charge in [-0.2, -0.15) is 0 Å². The van der Waals surface area contributed by atoms with Gasteiger partial charge in [0.25, 0.3) is 0 Å². The van der Waals surface area contributed by atoms with E-state index in [1.54, 1.807) is 0 Å². The number of rotatable bonds is 5. The summed E-state index contributed by atoms with van der Waals surface area (Å²) < 4.78 is 7.61. The van der Waals surface area contributed by atoms with E-state index in [2.05, 4.69) is 26.0 Å². The molecule has 3 nitrogen and oxygen atoms in total. The topological polar surface area (TPSA) is 31.2 Å². The normalized spacial score (nSPS) is 10.8. The Kier molecular flexibility index (Phi) is 4.28. The minimum absolute atomic E-state index is 0.00168. The summed E-state index contributed by atoms with van der Waals surface area (Å²) in [6, 6.07) is 7.95. The van der Waals surface area contributed by atoms with Gasteiger partial charge in [-0.15, -0.1) is 0 Å². The first-order valence-electron chi connectivity index (χ1n) is 6.86. The molecule has 1 aromatic carbocycles. The summed E-state index contributed by atoms with van der Waals surface area (Å²) in [6.07, 6.45) is 3.67. The summed E-state index contributed by atoms with van der Waals surface area (Å²) in [6.45, 7) is 6.34. The summed E-state index contributed by atoms with van der Waals surface area (Å²) in [7, 11) is 1.90. The van der Waals surface area contributed by atoms with E-state index in [0.29, 0.717) is 11.5 Å². The molecule has 0 spiro atoms. The Bertz CT molecular complexity index is 611. The average Bonchev–Trinajstić information content (AvgIpc) is 2.82. The molecule has 1 aromatic heterocycles. The van der Waals surface area contributed by atoms with Crippen LogP contribution >= 0.6 is 0 Å². The van der Waals surface area contributed by atoms with Crippen LogP contribution < -0.4 is 4.74 Å². The number of aryl methyl sites for hydroxylation is 2. The Morgan fingerprint density at radius 1 is 1.30 bits per heavy atom. The molecule has 2 aromatic rings. The average molecular weight is 271 g/mol. The minimum Gasteiger partial charge on any atom is -0.485 e. The van der Waals surface area contributed by atoms with Crippen LogP contribution in [0.2, 0.25) is 0 Å². The van der Waals surface area contributed by atoms with Gasteiger partial charge < -0.3 is 9.30 Å². The van der Waals surface area contributed by atoms with E-state index < -0.39 is 0 Å². The molecule has 106 valence electrons. The minimum atomic E-state index is 0.00168. The Hall–Kier alpha value is -2.03. The number of hydrogen-bond acceptors (Lipinski definition) is 2. The molecule has 3 heteroatoms. The Labute approximate surface area is 120 Å². The second-order valence-electron chi connectivity index (χ2n) is 5.47. The van der Waals surface area contributed by atoms with Crippen molar-refractivity contribution in [3.8, 4) is 5.75 Å². The van der Waals surface area contributed by atoms with Crippen molar-refractivity contribution in [1.29, 1.82) is 0 Å². The first kappa shape index (κ1) is 14.4. The van der Waals surface area contributed by atoms with Crippen LogP contribution in [0.15, 0.2) is 36.7 Å². The molecule has 1 heterocycles. The molecule has 0 aliphatic heterocycles. The molecule has 0 unspecified atom stereocenters. The number of benzene rings is 1. The predicted octanol–water partition coefficient (Wildman–Crippen LogP) is 3.72. The van der Waals surface area contributed by atoms with Crippen LogP contribution in [0.1, 0.15) is 41.3 Å². The van der Waals surface area contributed by atoms with Gasteiger partial charge in [0.2, 0.25) is 5.78 Å². The zero-order valence-electron chi connectivity index (χ0n) is 12.5. The highest BCUT2D eigenvalue weighted by Crippen LogP contribution is 2.27. The summed E-state index contributed by atoms with van der Waals surface area (Å²) in [5.74, 6) is 1.18. The Morgan fingerprint density at radius 2 is 2.05 bits per heavy atom. The number of ether oxygens (including phenoxy) is 1. The summed E-state index contributed by atoms with van der Waals surface area (Å²) >= 11 is 0. The molecule has 0 saturated heterocycles. The van der Waals surface area contributed by atoms with Crippen LogP contribution in [0, 0.1) is 6.92 Å². The summed E-state index contributed by atoms with van der Waals surface area (Å²) in [4.78, 5) is 12.1. The van der Waals surface area contributed by atoms with Crippen molar-refractivity contribution in [3.05, 3.63) is 53.3 Å². The molecule has 0 fully saturated rings. The molecular formula is C17H21NO2. The van der Waals surface area contributed by atoms with E-state index in [1.165, 1.54) is 0 Å². The van der Waals surface area contributed by atoms with Gasteiger partial charge in [0.1, 0.15) is 5.75 Å². The van der Waals surface area contributed by atoms with Crippen molar-refractivity contribution >= 4 is 5.78 Å². The lowest BCUT2D eigenvalue weighted by molar-refractivity contribution is 0.0920. The van der Waals surface area contributed by atoms with Gasteiger partial charge in [-0.05, 0) is 36.1 Å². The van der Waals surface area contributed by atoms with Gasteiger partial charge in [-0.3, -0.25) is 4.79 Å². The van der Waals surface area contributed by atoms with Crippen molar-refractivity contribution < 1.29 is 9.53 Å². The highest BCUT2D eigenvalue weighted by molar-refractivity contribution is 5.97. The fourth-order valence-electron chi connectivity index (χ4n) is 2.14. The Balaban J connectivity index is 2.10. The number of ketones is 1. The van der Waals surface area contributed by atoms with E-state index >= 15 is 0 Å². The number of hydrogen-bond donors (Lipinski definition) is 0. The number of carbonyl (C=O) groups is 1. The SMILES string of the molecule is Cc1ccc(C(C)C)c(OCC(=O)c2ccn(C)c2)c1. The monoisotopic (exact) mass is 271 g/mol. The quantitative estimate of drug-likeness (QED) is 0.776. The van der Waals surface area contributed by atoms with Crippen LogP contribution in [-0.4, -0.2) is 17.0 Å². The molecule has 2 rings (SSSR count). The molecule has 0 N–H and O–H groups in total. The van der Waals surface area contributed by atoms with Gasteiger partial charge in [-0.25, -0.2) is 0 Å². The largest absolute Gasteiger partial charge is 0.485 e. The highest BCUT2D eigenvalue weighted by atomic mass is 16.5. The molecule has 0 amide bonds. The third-order valence-electron chi connectivity index (χ3n) is 3.30. The van der Waals surface area contributed by atoms with Crippen molar-refractivity contribution in [2.75, 3.05) is 6.61 Å². The number of carbonyl (C=O) groups excluding carboxylic acids is 1. The van der Waals surface area contributed by atoms with E-state index in [0.717, 1.165) is 16.9 Å². The highest BCUT2D eigenvalue weighted by Gasteiger charge is 2.12. The maximum atomic E-state index is 12.1. The van der Waals surface area contributed by atoms with Crippen molar-refractivity contribution in [2.45, 2.75) is 26.7 Å². The molecular weight excluding hydrogens is 250 g/mol. The zero-order valence-corrected chi connectivity index (χ0v) is 12.5. The second kappa shape index (κ2) is 5.95. The molecule has 0 aliphatic rings. The van der Waals surface area contributed by atoms with Crippen molar-refractivity contribution in [3.63, 3.8) is 0 Å². The van der Waals surface area contributed by atoms with Gasteiger partial charge in [0, 0.05) is 25.0 Å². The van der Waals surface area contributed by atoms with E-state index in [4.69, 9.17) is 4.74 Å². The van der Waals surface area contributed by atoms with Crippen LogP contribution in [-0.2, 0) is 7.05 Å². The smallest absolute Gasteiger partial charge is 0.201 e. The van der Waals surface area contributed by atoms with Crippen LogP contribution in [0.25, 0.3) is 0 Å². The standard InChI is InChI=1S/C17H21NO2/c1-12(2)15-6-5-13(3)9-17(15)20-11-16(19)14-7-8-18(4)10-14/h5-10,12H,11H2,1-4H3. The molecule has 0 atom stereocenters. The van der Waals surface area contributed by atoms with Gasteiger partial charge >= 0.3 is 0 Å². The second-order valence-corrected chi connectivity index (χ2v) is 5.47. The van der Waals surface area contributed by atoms with Gasteiger partial charge in [0.05, 0.1) is 0 Å². The first-order chi connectivity index (χ1) is 9.47. The van der Waals surface area contributed by atoms with Crippen molar-refractivity contribution in [2.24, 2.45) is 7.05 Å². The van der Waals surface area contributed by atoms with Crippen LogP contribution in [0.4, 0.5) is 0 Å². The summed E-state index contributed by atoms with van der Waals surface area (Å²) in [5.41, 5.74) is 2.96. The predicted molar refractivity (Wildman–Crippen MR) is 80.5 cm³/mol. The first-order valence-corrected chi connectivity index (χ1v) is 6.86. The molecule has 0 aliphatic carbocycles. The molecule has 0 bridgehead atoms. The maximum Gasteiger partial charge on any atom is 0.201 e. The van der Waals surface area contributed by atoms with E-state index in [9.17, 15) is 4.79 Å². The molecule has 0 saturated carbocycles. The van der Waals surface area contributed by atoms with Crippen LogP contribution in [0.3, 0.4) is 0 Å². The lowest BCUT2D eigenvalue weighted by Crippen LogP contribution is -2.12. The van der Waals surface area contributed by atoms with Crippen molar-refractivity contribution in [1.82, 2.24) is 4.57 Å². The Morgan fingerprint density at radius 3 is 2.65 bits per heavy atom. The van der Waals surface area contributed by atoms with Gasteiger partial charge in [-0.1, -0.05) is 26.0 Å². The third-order valence-corrected chi connectivity index (χ3v) is 3.30. The maximum absolute atomic E-state index is 12.1. The van der Waals surface area contributed by atoms with E-state index in [1.807, 2.05) is 43.1 Å². The number of aromatic nitrogens is 1. The fourth-order valence-corrected chi connectivity index (χ4v) is 2.14. The van der Waals surface area contributed by atoms with E-state index in [-0.39, 0.29) is 12.4 Å².